The smallest absolute Gasteiger partial charge is 0.329 e. The molecule has 224 valence electrons. The lowest BCUT2D eigenvalue weighted by Gasteiger charge is -2.34. The molecule has 3 aliphatic rings. The van der Waals surface area contributed by atoms with Crippen LogP contribution in [0.25, 0.3) is 22.9 Å². The summed E-state index contributed by atoms with van der Waals surface area (Å²) in [7, 11) is 0. The fourth-order valence-electron chi connectivity index (χ4n) is 7.57. The Bertz CT molecular complexity index is 1630. The number of aliphatic carboxylic acids is 1. The van der Waals surface area contributed by atoms with Crippen LogP contribution in [-0.2, 0) is 11.3 Å². The molecule has 2 bridgehead atoms. The van der Waals surface area contributed by atoms with Gasteiger partial charge in [0.2, 0.25) is 0 Å². The maximum atomic E-state index is 15.9. The number of carboxylic acid groups (broad SMARTS) is 1. The summed E-state index contributed by atoms with van der Waals surface area (Å²) in [5, 5.41) is 21.9. The highest BCUT2D eigenvalue weighted by Gasteiger charge is 2.56. The second-order valence-corrected chi connectivity index (χ2v) is 12.3. The zero-order valence-corrected chi connectivity index (χ0v) is 23.8. The number of fused-ring (bicyclic) bond motifs is 2. The minimum Gasteiger partial charge on any atom is -0.479 e. The van der Waals surface area contributed by atoms with E-state index in [0.717, 1.165) is 56.7 Å². The molecular formula is C32H34F2N6O3. The minimum atomic E-state index is -1.26. The third-order valence-electron chi connectivity index (χ3n) is 9.75. The van der Waals surface area contributed by atoms with Crippen molar-refractivity contribution in [3.63, 3.8) is 0 Å². The van der Waals surface area contributed by atoms with Gasteiger partial charge in [-0.05, 0) is 67.9 Å². The summed E-state index contributed by atoms with van der Waals surface area (Å²) in [6, 6.07) is 8.93. The fourth-order valence-corrected chi connectivity index (χ4v) is 7.57. The minimum absolute atomic E-state index is 0.0885. The lowest BCUT2D eigenvalue weighted by atomic mass is 9.81. The van der Waals surface area contributed by atoms with Crippen molar-refractivity contribution in [2.75, 3.05) is 5.32 Å². The van der Waals surface area contributed by atoms with E-state index >= 15 is 8.78 Å². The van der Waals surface area contributed by atoms with Crippen LogP contribution in [-0.4, -0.2) is 41.5 Å². The van der Waals surface area contributed by atoms with Crippen LogP contribution in [0.15, 0.2) is 47.3 Å². The highest BCUT2D eigenvalue weighted by molar-refractivity contribution is 5.84. The molecule has 0 amide bonds. The van der Waals surface area contributed by atoms with E-state index < -0.39 is 17.3 Å². The molecular weight excluding hydrogens is 554 g/mol. The first-order valence-electron chi connectivity index (χ1n) is 15.2. The van der Waals surface area contributed by atoms with Gasteiger partial charge in [-0.3, -0.25) is 4.68 Å². The second kappa shape index (κ2) is 11.2. The summed E-state index contributed by atoms with van der Waals surface area (Å²) >= 11 is 0. The molecule has 1 aromatic carbocycles. The Hall–Kier alpha value is -4.15. The molecule has 0 saturated heterocycles. The van der Waals surface area contributed by atoms with Crippen molar-refractivity contribution in [2.24, 2.45) is 11.8 Å². The van der Waals surface area contributed by atoms with Crippen LogP contribution in [0.5, 0.6) is 0 Å². The molecule has 3 heterocycles. The average molecular weight is 589 g/mol. The predicted octanol–water partition coefficient (Wildman–Crippen LogP) is 6.81. The maximum Gasteiger partial charge on any atom is 0.329 e. The van der Waals surface area contributed by atoms with Crippen LogP contribution in [0.4, 0.5) is 14.6 Å². The molecule has 0 spiro atoms. The Balaban J connectivity index is 1.22. The molecule has 2 unspecified atom stereocenters. The summed E-state index contributed by atoms with van der Waals surface area (Å²) in [5.74, 6) is -1.58. The van der Waals surface area contributed by atoms with Crippen LogP contribution < -0.4 is 5.32 Å². The number of rotatable bonds is 8. The van der Waals surface area contributed by atoms with Gasteiger partial charge in [0.15, 0.2) is 17.5 Å². The summed E-state index contributed by atoms with van der Waals surface area (Å²) in [6.45, 7) is 0.131. The lowest BCUT2D eigenvalue weighted by molar-refractivity contribution is -0.144. The van der Waals surface area contributed by atoms with Crippen molar-refractivity contribution in [3.8, 4) is 22.9 Å². The first kappa shape index (κ1) is 27.7. The normalized spacial score (nSPS) is 23.9. The number of aromatic nitrogens is 5. The van der Waals surface area contributed by atoms with Crippen LogP contribution in [0.2, 0.25) is 0 Å². The lowest BCUT2D eigenvalue weighted by Crippen LogP contribution is -2.51. The van der Waals surface area contributed by atoms with Gasteiger partial charge in [-0.2, -0.15) is 5.10 Å². The molecule has 9 nitrogen and oxygen atoms in total. The molecule has 3 atom stereocenters. The van der Waals surface area contributed by atoms with E-state index in [1.54, 1.807) is 22.9 Å². The van der Waals surface area contributed by atoms with Crippen LogP contribution in [0, 0.1) is 23.5 Å². The number of carbonyl (C=O) groups is 1. The van der Waals surface area contributed by atoms with E-state index in [4.69, 9.17) is 9.62 Å². The van der Waals surface area contributed by atoms with Crippen molar-refractivity contribution in [3.05, 3.63) is 65.6 Å². The van der Waals surface area contributed by atoms with E-state index in [0.29, 0.717) is 35.0 Å². The summed E-state index contributed by atoms with van der Waals surface area (Å²) in [5.41, 5.74) is 1.36. The largest absolute Gasteiger partial charge is 0.479 e. The number of nitrogens with zero attached hydrogens (tertiary/aromatic N) is 5. The number of hydrogen-bond donors (Lipinski definition) is 2. The van der Waals surface area contributed by atoms with Crippen molar-refractivity contribution >= 4 is 11.8 Å². The first-order chi connectivity index (χ1) is 20.9. The quantitative estimate of drug-likeness (QED) is 0.215. The number of anilines is 1. The summed E-state index contributed by atoms with van der Waals surface area (Å²) in [4.78, 5) is 21.0. The molecule has 3 fully saturated rings. The Morgan fingerprint density at radius 2 is 1.93 bits per heavy atom. The SMILES string of the molecule is O=C(O)[C@@]1(Nc2nc(-c3cc(-c4ccon4)n(Cc4cccc(C5CCCCCC5)c4F)n3)ncc2F)CC2CCC1C2. The molecule has 2 N–H and O–H groups in total. The molecule has 43 heavy (non-hydrogen) atoms. The van der Waals surface area contributed by atoms with Crippen molar-refractivity contribution in [2.45, 2.75) is 82.2 Å². The Morgan fingerprint density at radius 3 is 2.63 bits per heavy atom. The monoisotopic (exact) mass is 588 g/mol. The molecule has 0 radical (unpaired) electrons. The third-order valence-corrected chi connectivity index (χ3v) is 9.75. The number of benzene rings is 1. The molecule has 3 aliphatic carbocycles. The number of nitrogens with one attached hydrogen (secondary N) is 1. The number of carboxylic acids is 1. The van der Waals surface area contributed by atoms with Gasteiger partial charge in [0.25, 0.3) is 0 Å². The molecule has 4 aromatic rings. The van der Waals surface area contributed by atoms with E-state index in [9.17, 15) is 9.90 Å². The van der Waals surface area contributed by atoms with Gasteiger partial charge in [-0.25, -0.2) is 23.5 Å². The van der Waals surface area contributed by atoms with E-state index in [1.165, 1.54) is 19.1 Å². The van der Waals surface area contributed by atoms with E-state index in [1.807, 2.05) is 12.1 Å². The van der Waals surface area contributed by atoms with E-state index in [-0.39, 0.29) is 35.8 Å². The fraction of sp³-hybridized carbons (Fsp3) is 0.469. The molecule has 3 saturated carbocycles. The van der Waals surface area contributed by atoms with Gasteiger partial charge < -0.3 is 14.9 Å². The summed E-state index contributed by atoms with van der Waals surface area (Å²) < 4.78 is 37.6. The molecule has 7 rings (SSSR count). The first-order valence-corrected chi connectivity index (χ1v) is 15.2. The Labute approximate surface area is 247 Å². The van der Waals surface area contributed by atoms with Gasteiger partial charge >= 0.3 is 5.97 Å². The Kier molecular flexibility index (Phi) is 7.18. The zero-order chi connectivity index (χ0) is 29.6. The number of halogens is 2. The molecule has 11 heteroatoms. The van der Waals surface area contributed by atoms with E-state index in [2.05, 4.69) is 20.4 Å². The molecule has 3 aromatic heterocycles. The van der Waals surface area contributed by atoms with Gasteiger partial charge in [0.1, 0.15) is 29.0 Å². The van der Waals surface area contributed by atoms with Gasteiger partial charge in [0, 0.05) is 11.6 Å². The highest BCUT2D eigenvalue weighted by atomic mass is 19.1. The predicted molar refractivity (Wildman–Crippen MR) is 154 cm³/mol. The van der Waals surface area contributed by atoms with Crippen LogP contribution in [0.3, 0.4) is 0 Å². The van der Waals surface area contributed by atoms with Crippen molar-refractivity contribution in [1.82, 2.24) is 24.9 Å². The van der Waals surface area contributed by atoms with Crippen LogP contribution >= 0.6 is 0 Å². The van der Waals surface area contributed by atoms with Gasteiger partial charge in [-0.1, -0.05) is 49.0 Å². The molecule has 0 aliphatic heterocycles. The second-order valence-electron chi connectivity index (χ2n) is 12.3. The van der Waals surface area contributed by atoms with Crippen LogP contribution in [0.1, 0.15) is 81.3 Å². The topological polar surface area (TPSA) is 119 Å². The Morgan fingerprint density at radius 1 is 1.09 bits per heavy atom. The van der Waals surface area contributed by atoms with Crippen molar-refractivity contribution in [1.29, 1.82) is 0 Å². The van der Waals surface area contributed by atoms with Gasteiger partial charge in [0.05, 0.1) is 18.4 Å². The average Bonchev–Trinajstić information content (AvgIpc) is 3.79. The standard InChI is InChI=1S/C32H34F2N6O3/c33-24-17-35-30(36-29(24)37-32(31(41)42)16-19-10-11-22(32)14-19)26-15-27(25-12-13-43-39-25)40(38-26)18-21-8-5-9-23(28(21)34)20-6-3-1-2-4-7-20/h5,8-9,12-13,15,17,19-20,22H,1-4,6-7,10-11,14,16,18H2,(H,41,42)(H,35,36,37)/t19?,22?,32-/m1/s1. The van der Waals surface area contributed by atoms with Crippen molar-refractivity contribution < 1.29 is 23.2 Å². The number of hydrogen-bond acceptors (Lipinski definition) is 7. The van der Waals surface area contributed by atoms with Gasteiger partial charge in [-0.15, -0.1) is 0 Å². The maximum absolute atomic E-state index is 15.9. The zero-order valence-electron chi connectivity index (χ0n) is 23.8. The highest BCUT2D eigenvalue weighted by Crippen LogP contribution is 2.52. The summed E-state index contributed by atoms with van der Waals surface area (Å²) in [6.07, 6.45) is 12.1. The third kappa shape index (κ3) is 5.08.